The van der Waals surface area contributed by atoms with Gasteiger partial charge in [-0.3, -0.25) is 19.2 Å². The Morgan fingerprint density at radius 2 is 0.847 bits per heavy atom. The molecule has 4 amide bonds. The number of carbonyl (C=O) groups excluding carboxylic acids is 4. The summed E-state index contributed by atoms with van der Waals surface area (Å²) in [7, 11) is 0. The van der Waals surface area contributed by atoms with Crippen LogP contribution in [0.5, 0.6) is 0 Å². The van der Waals surface area contributed by atoms with Crippen LogP contribution in [0.25, 0.3) is 31.7 Å². The number of nitrogens with zero attached hydrogens (tertiary/aromatic N) is 2. The standard InChI is InChI=1S/C62H76N4O4S2/c1-7-13-17-19-23-43-33-35-71-57(43)45-25-29-47(30-26-45)65-59(67)49-37-52(64-40-42(12-6)22-16-10-4)56-54-50(38-51(55(53(49)54)61(65)69)63-39-41(11-5)21-15-9-3)60(68)66(62(56)70)48-31-27-46(28-32-48)58-44(34-36-72-58)24-20-18-14-8-2/h25-38,41-42,63-64H,7-24,39-40H2,1-6H3. The lowest BCUT2D eigenvalue weighted by Crippen LogP contribution is -2.44. The van der Waals surface area contributed by atoms with E-state index in [0.29, 0.717) is 80.7 Å². The van der Waals surface area contributed by atoms with Crippen LogP contribution in [0.1, 0.15) is 197 Å². The van der Waals surface area contributed by atoms with E-state index in [9.17, 15) is 0 Å². The molecular formula is C62H76N4O4S2. The molecule has 2 aliphatic heterocycles. The van der Waals surface area contributed by atoms with Crippen molar-refractivity contribution in [3.05, 3.63) is 117 Å². The highest BCUT2D eigenvalue weighted by atomic mass is 32.1. The van der Waals surface area contributed by atoms with Crippen molar-refractivity contribution in [2.45, 2.75) is 157 Å². The number of benzene rings is 4. The minimum Gasteiger partial charge on any atom is -0.384 e. The highest BCUT2D eigenvalue weighted by molar-refractivity contribution is 7.14. The van der Waals surface area contributed by atoms with Gasteiger partial charge in [0.25, 0.3) is 23.6 Å². The first-order valence-electron chi connectivity index (χ1n) is 27.4. The van der Waals surface area contributed by atoms with Crippen molar-refractivity contribution in [1.29, 1.82) is 0 Å². The number of hydrogen-bond donors (Lipinski definition) is 2. The van der Waals surface area contributed by atoms with Crippen molar-refractivity contribution in [3.8, 4) is 20.9 Å². The molecule has 2 aliphatic rings. The first kappa shape index (κ1) is 52.7. The van der Waals surface area contributed by atoms with E-state index in [4.69, 9.17) is 0 Å². The zero-order valence-electron chi connectivity index (χ0n) is 43.7. The minimum absolute atomic E-state index is 0.298. The third-order valence-corrected chi connectivity index (χ3v) is 17.2. The molecule has 10 heteroatoms. The maximum absolute atomic E-state index is 15.4. The molecule has 0 saturated carbocycles. The number of imide groups is 2. The van der Waals surface area contributed by atoms with Crippen LogP contribution in [-0.2, 0) is 12.8 Å². The molecule has 2 aromatic heterocycles. The highest BCUT2D eigenvalue weighted by Gasteiger charge is 2.44. The van der Waals surface area contributed by atoms with Gasteiger partial charge in [0.15, 0.2) is 0 Å². The van der Waals surface area contributed by atoms with Crippen LogP contribution < -0.4 is 20.4 Å². The van der Waals surface area contributed by atoms with Gasteiger partial charge in [0.1, 0.15) is 0 Å². The zero-order chi connectivity index (χ0) is 50.7. The average molecular weight is 1010 g/mol. The molecule has 2 atom stereocenters. The first-order chi connectivity index (χ1) is 35.2. The largest absolute Gasteiger partial charge is 0.384 e. The molecule has 2 N–H and O–H groups in total. The van der Waals surface area contributed by atoms with Crippen molar-refractivity contribution in [1.82, 2.24) is 0 Å². The molecule has 8 nitrogen and oxygen atoms in total. The van der Waals surface area contributed by atoms with Gasteiger partial charge in [0, 0.05) is 45.0 Å². The van der Waals surface area contributed by atoms with Gasteiger partial charge in [0.2, 0.25) is 0 Å². The van der Waals surface area contributed by atoms with E-state index >= 15 is 19.2 Å². The molecular weight excluding hydrogens is 929 g/mol. The predicted molar refractivity (Wildman–Crippen MR) is 305 cm³/mol. The number of hydrogen-bond acceptors (Lipinski definition) is 8. The van der Waals surface area contributed by atoms with Gasteiger partial charge >= 0.3 is 0 Å². The maximum atomic E-state index is 15.4. The molecule has 0 radical (unpaired) electrons. The fourth-order valence-electron chi connectivity index (χ4n) is 10.8. The lowest BCUT2D eigenvalue weighted by Gasteiger charge is -2.35. The molecule has 0 saturated heterocycles. The molecule has 0 aliphatic carbocycles. The fourth-order valence-corrected chi connectivity index (χ4v) is 12.7. The van der Waals surface area contributed by atoms with Gasteiger partial charge in [-0.25, -0.2) is 9.80 Å². The normalized spacial score (nSPS) is 14.2. The van der Waals surface area contributed by atoms with E-state index in [-0.39, 0.29) is 0 Å². The maximum Gasteiger partial charge on any atom is 0.268 e. The SMILES string of the molecule is CCCCCCc1ccsc1-c1ccc(N2C(=O)c3cc(NCC(CC)CCCC)c4c5c(cc(NCC(CC)CCCC)c(c35)C2=O)C(=O)N(c2ccc(-c3sccc3CCCCCC)cc2)C4=O)cc1. The van der Waals surface area contributed by atoms with Crippen LogP contribution >= 0.6 is 22.7 Å². The smallest absolute Gasteiger partial charge is 0.268 e. The summed E-state index contributed by atoms with van der Waals surface area (Å²) in [4.78, 5) is 66.4. The summed E-state index contributed by atoms with van der Waals surface area (Å²) in [5.74, 6) is -1.25. The van der Waals surface area contributed by atoms with Crippen molar-refractivity contribution >= 4 is 79.8 Å². The van der Waals surface area contributed by atoms with E-state index in [1.165, 1.54) is 69.2 Å². The summed E-state index contributed by atoms with van der Waals surface area (Å²) in [6.45, 7) is 14.4. The van der Waals surface area contributed by atoms with Crippen molar-refractivity contribution < 1.29 is 19.2 Å². The Balaban J connectivity index is 1.23. The van der Waals surface area contributed by atoms with Crippen LogP contribution in [0.2, 0.25) is 0 Å². The van der Waals surface area contributed by atoms with Gasteiger partial charge in [-0.15, -0.1) is 22.7 Å². The molecule has 8 rings (SSSR count). The number of anilines is 4. The topological polar surface area (TPSA) is 98.8 Å². The Kier molecular flexibility index (Phi) is 18.2. The third-order valence-electron chi connectivity index (χ3n) is 15.2. The quantitative estimate of drug-likeness (QED) is 0.0375. The summed E-state index contributed by atoms with van der Waals surface area (Å²) >= 11 is 3.44. The molecule has 72 heavy (non-hydrogen) atoms. The van der Waals surface area contributed by atoms with E-state index in [1.807, 2.05) is 48.5 Å². The number of nitrogens with one attached hydrogen (secondary N) is 2. The van der Waals surface area contributed by atoms with Crippen LogP contribution in [0.3, 0.4) is 0 Å². The molecule has 380 valence electrons. The van der Waals surface area contributed by atoms with Crippen LogP contribution in [0.4, 0.5) is 22.7 Å². The lowest BCUT2D eigenvalue weighted by molar-refractivity contribution is 0.0873. The van der Waals surface area contributed by atoms with Gasteiger partial charge in [-0.2, -0.15) is 0 Å². The summed E-state index contributed by atoms with van der Waals surface area (Å²) in [5, 5.41) is 12.3. The minimum atomic E-state index is -0.477. The molecule has 0 bridgehead atoms. The Labute approximate surface area is 437 Å². The third kappa shape index (κ3) is 11.2. The molecule has 0 spiro atoms. The van der Waals surface area contributed by atoms with Crippen molar-refractivity contribution in [2.24, 2.45) is 11.8 Å². The van der Waals surface area contributed by atoms with Gasteiger partial charge < -0.3 is 10.6 Å². The van der Waals surface area contributed by atoms with E-state index in [1.54, 1.807) is 34.8 Å². The average Bonchev–Trinajstić information content (AvgIpc) is 4.08. The first-order valence-corrected chi connectivity index (χ1v) is 29.2. The second-order valence-electron chi connectivity index (χ2n) is 20.2. The van der Waals surface area contributed by atoms with E-state index in [0.717, 1.165) is 88.2 Å². The lowest BCUT2D eigenvalue weighted by atomic mass is 9.83. The Morgan fingerprint density at radius 1 is 0.458 bits per heavy atom. The van der Waals surface area contributed by atoms with E-state index in [2.05, 4.69) is 75.1 Å². The molecule has 0 fully saturated rings. The fraction of sp³-hybridized carbons (Fsp3) is 0.452. The summed E-state index contributed by atoms with van der Waals surface area (Å²) in [5.41, 5.74) is 7.92. The van der Waals surface area contributed by atoms with Crippen LogP contribution in [0.15, 0.2) is 83.6 Å². The van der Waals surface area contributed by atoms with Crippen LogP contribution in [0, 0.1) is 11.8 Å². The number of thiophene rings is 2. The van der Waals surface area contributed by atoms with Crippen molar-refractivity contribution in [3.63, 3.8) is 0 Å². The summed E-state index contributed by atoms with van der Waals surface area (Å²) in [6.07, 6.45) is 19.8. The highest BCUT2D eigenvalue weighted by Crippen LogP contribution is 2.47. The zero-order valence-corrected chi connectivity index (χ0v) is 45.4. The molecule has 6 aromatic rings. The van der Waals surface area contributed by atoms with Gasteiger partial charge in [0.05, 0.1) is 33.6 Å². The Hall–Kier alpha value is -5.58. The second kappa shape index (κ2) is 24.9. The van der Waals surface area contributed by atoms with Gasteiger partial charge in [-0.05, 0) is 132 Å². The number of unbranched alkanes of at least 4 members (excludes halogenated alkanes) is 8. The summed E-state index contributed by atoms with van der Waals surface area (Å²) < 4.78 is 0. The number of amides is 4. The summed E-state index contributed by atoms with van der Waals surface area (Å²) in [6, 6.07) is 23.6. The van der Waals surface area contributed by atoms with Crippen molar-refractivity contribution in [2.75, 3.05) is 33.5 Å². The monoisotopic (exact) mass is 1000 g/mol. The Bertz CT molecular complexity index is 2650. The second-order valence-corrected chi connectivity index (χ2v) is 22.0. The predicted octanol–water partition coefficient (Wildman–Crippen LogP) is 17.4. The van der Waals surface area contributed by atoms with Crippen LogP contribution in [-0.4, -0.2) is 36.7 Å². The number of rotatable bonds is 28. The Morgan fingerprint density at radius 3 is 1.21 bits per heavy atom. The molecule has 2 unspecified atom stereocenters. The molecule has 4 heterocycles. The number of carbonyl (C=O) groups is 4. The molecule has 4 aromatic carbocycles. The number of aryl methyl sites for hydroxylation is 2. The van der Waals surface area contributed by atoms with Gasteiger partial charge in [-0.1, -0.05) is 143 Å². The van der Waals surface area contributed by atoms with E-state index < -0.39 is 23.6 Å².